The minimum absolute atomic E-state index is 0.326. The predicted molar refractivity (Wildman–Crippen MR) is 115 cm³/mol. The third-order valence-corrected chi connectivity index (χ3v) is 7.42. The molecule has 3 fully saturated rings. The fourth-order valence-electron chi connectivity index (χ4n) is 5.65. The van der Waals surface area contributed by atoms with Crippen LogP contribution in [0.1, 0.15) is 44.9 Å². The molecule has 1 aliphatic heterocycles. The largest absolute Gasteiger partial charge is 0.366 e. The highest BCUT2D eigenvalue weighted by Gasteiger charge is 2.42. The number of nitrogens with one attached hydrogen (secondary N) is 1. The number of nitrogens with zero attached hydrogens (tertiary/aromatic N) is 3. The van der Waals surface area contributed by atoms with Gasteiger partial charge in [-0.15, -0.1) is 10.2 Å². The number of halogens is 2. The topological polar surface area (TPSA) is 41.0 Å². The van der Waals surface area contributed by atoms with E-state index in [1.807, 2.05) is 12.1 Å². The quantitative estimate of drug-likeness (QED) is 0.728. The molecule has 6 heteroatoms. The molecule has 0 bridgehead atoms. The van der Waals surface area contributed by atoms with Crippen LogP contribution in [0.15, 0.2) is 30.3 Å². The second kappa shape index (κ2) is 8.19. The lowest BCUT2D eigenvalue weighted by atomic mass is 9.94. The summed E-state index contributed by atoms with van der Waals surface area (Å²) in [5, 5.41) is 12.6. The van der Waals surface area contributed by atoms with E-state index >= 15 is 0 Å². The van der Waals surface area contributed by atoms with Crippen LogP contribution in [-0.2, 0) is 0 Å². The van der Waals surface area contributed by atoms with Crippen LogP contribution < -0.4 is 5.32 Å². The Kier molecular flexibility index (Phi) is 5.44. The van der Waals surface area contributed by atoms with Gasteiger partial charge in [0, 0.05) is 30.7 Å². The van der Waals surface area contributed by atoms with E-state index in [2.05, 4.69) is 20.4 Å². The summed E-state index contributed by atoms with van der Waals surface area (Å²) in [6.45, 7) is 2.55. The molecule has 1 N–H and O–H groups in total. The van der Waals surface area contributed by atoms with Crippen molar-refractivity contribution in [1.82, 2.24) is 15.1 Å². The van der Waals surface area contributed by atoms with Gasteiger partial charge in [0.15, 0.2) is 0 Å². The normalized spacial score (nSPS) is 27.9. The van der Waals surface area contributed by atoms with Gasteiger partial charge in [0.1, 0.15) is 11.6 Å². The average Bonchev–Trinajstić information content (AvgIpc) is 3.30. The minimum Gasteiger partial charge on any atom is -0.366 e. The summed E-state index contributed by atoms with van der Waals surface area (Å²) in [6, 6.07) is 9.39. The predicted octanol–water partition coefficient (Wildman–Crippen LogP) is 5.39. The molecule has 1 saturated heterocycles. The number of benzene rings is 1. The third-order valence-electron chi connectivity index (χ3n) is 7.09. The van der Waals surface area contributed by atoms with E-state index < -0.39 is 0 Å². The van der Waals surface area contributed by atoms with E-state index in [0.717, 1.165) is 23.7 Å². The van der Waals surface area contributed by atoms with Crippen molar-refractivity contribution >= 4 is 17.4 Å². The highest BCUT2D eigenvalue weighted by molar-refractivity contribution is 6.33. The van der Waals surface area contributed by atoms with Gasteiger partial charge in [0.2, 0.25) is 0 Å². The van der Waals surface area contributed by atoms with Crippen LogP contribution in [0.2, 0.25) is 5.02 Å². The minimum atomic E-state index is -0.326. The monoisotopic (exact) mass is 414 g/mol. The zero-order valence-electron chi connectivity index (χ0n) is 16.7. The third kappa shape index (κ3) is 4.13. The fraction of sp³-hybridized carbons (Fsp3) is 0.565. The number of anilines is 1. The Morgan fingerprint density at radius 2 is 1.72 bits per heavy atom. The molecule has 2 saturated carbocycles. The molecule has 2 aromatic rings. The number of rotatable bonds is 4. The molecule has 1 aromatic carbocycles. The number of hydrogen-bond donors (Lipinski definition) is 1. The highest BCUT2D eigenvalue weighted by atomic mass is 35.5. The summed E-state index contributed by atoms with van der Waals surface area (Å²) < 4.78 is 13.5. The maximum Gasteiger partial charge on any atom is 0.148 e. The van der Waals surface area contributed by atoms with Crippen molar-refractivity contribution in [2.45, 2.75) is 57.0 Å². The number of fused-ring (bicyclic) bond motifs is 1. The molecule has 5 rings (SSSR count). The molecular weight excluding hydrogens is 387 g/mol. The van der Waals surface area contributed by atoms with Crippen LogP contribution in [0.5, 0.6) is 0 Å². The Morgan fingerprint density at radius 1 is 0.966 bits per heavy atom. The van der Waals surface area contributed by atoms with Crippen molar-refractivity contribution in [3.8, 4) is 11.3 Å². The summed E-state index contributed by atoms with van der Waals surface area (Å²) in [5.74, 6) is 2.09. The van der Waals surface area contributed by atoms with E-state index in [1.165, 1.54) is 70.2 Å². The van der Waals surface area contributed by atoms with Gasteiger partial charge in [0.25, 0.3) is 0 Å². The van der Waals surface area contributed by atoms with E-state index in [9.17, 15) is 4.39 Å². The van der Waals surface area contributed by atoms with E-state index in [0.29, 0.717) is 22.3 Å². The summed E-state index contributed by atoms with van der Waals surface area (Å²) in [7, 11) is 0. The summed E-state index contributed by atoms with van der Waals surface area (Å²) in [6.07, 6.45) is 9.48. The second-order valence-corrected chi connectivity index (χ2v) is 9.41. The molecule has 2 atom stereocenters. The molecular formula is C23H28ClFN4. The van der Waals surface area contributed by atoms with Gasteiger partial charge < -0.3 is 5.32 Å². The van der Waals surface area contributed by atoms with Crippen LogP contribution in [0.4, 0.5) is 10.2 Å². The van der Waals surface area contributed by atoms with Crippen molar-refractivity contribution in [1.29, 1.82) is 0 Å². The van der Waals surface area contributed by atoms with Crippen molar-refractivity contribution in [3.05, 3.63) is 41.2 Å². The van der Waals surface area contributed by atoms with Crippen molar-refractivity contribution in [2.75, 3.05) is 18.4 Å². The van der Waals surface area contributed by atoms with E-state index in [-0.39, 0.29) is 5.82 Å². The molecule has 154 valence electrons. The summed E-state index contributed by atoms with van der Waals surface area (Å²) >= 11 is 6.18. The fourth-order valence-corrected chi connectivity index (χ4v) is 5.87. The molecule has 0 radical (unpaired) electrons. The zero-order chi connectivity index (χ0) is 19.8. The molecule has 2 heterocycles. The number of hydrogen-bond acceptors (Lipinski definition) is 4. The lowest BCUT2D eigenvalue weighted by Crippen LogP contribution is -2.36. The summed E-state index contributed by atoms with van der Waals surface area (Å²) in [5.41, 5.74) is 1.16. The van der Waals surface area contributed by atoms with Crippen LogP contribution >= 0.6 is 11.6 Å². The van der Waals surface area contributed by atoms with Gasteiger partial charge in [-0.3, -0.25) is 4.90 Å². The van der Waals surface area contributed by atoms with Crippen molar-refractivity contribution < 1.29 is 4.39 Å². The molecule has 2 aliphatic carbocycles. The average molecular weight is 415 g/mol. The van der Waals surface area contributed by atoms with Gasteiger partial charge in [0.05, 0.1) is 10.7 Å². The van der Waals surface area contributed by atoms with E-state index in [1.54, 1.807) is 6.07 Å². The van der Waals surface area contributed by atoms with Crippen LogP contribution in [0.25, 0.3) is 11.3 Å². The smallest absolute Gasteiger partial charge is 0.148 e. The van der Waals surface area contributed by atoms with Crippen molar-refractivity contribution in [3.63, 3.8) is 0 Å². The molecule has 2 unspecified atom stereocenters. The first-order valence-electron chi connectivity index (χ1n) is 11.0. The Hall–Kier alpha value is -1.72. The van der Waals surface area contributed by atoms with Crippen LogP contribution in [0, 0.1) is 17.7 Å². The lowest BCUT2D eigenvalue weighted by molar-refractivity contribution is 0.177. The Balaban J connectivity index is 1.18. The van der Waals surface area contributed by atoms with Crippen LogP contribution in [-0.4, -0.2) is 40.3 Å². The lowest BCUT2D eigenvalue weighted by Gasteiger charge is -2.32. The molecule has 0 amide bonds. The Labute approximate surface area is 176 Å². The van der Waals surface area contributed by atoms with Gasteiger partial charge >= 0.3 is 0 Å². The molecule has 1 aromatic heterocycles. The maximum atomic E-state index is 13.5. The first kappa shape index (κ1) is 19.3. The standard InChI is InChI=1S/C23H28ClFN4/c24-21-7-6-17(25)12-20(21)22-8-9-23(28-27-22)26-18-10-15-13-29(14-16(15)11-18)19-4-2-1-3-5-19/h6-9,12,15-16,18-19H,1-5,10-11,13-14H2,(H,26,28). The highest BCUT2D eigenvalue weighted by Crippen LogP contribution is 2.41. The van der Waals surface area contributed by atoms with Crippen LogP contribution in [0.3, 0.4) is 0 Å². The first-order chi connectivity index (χ1) is 14.2. The van der Waals surface area contributed by atoms with Crippen molar-refractivity contribution in [2.24, 2.45) is 11.8 Å². The van der Waals surface area contributed by atoms with Gasteiger partial charge in [-0.05, 0) is 67.9 Å². The SMILES string of the molecule is Fc1ccc(Cl)c(-c2ccc(NC3CC4CN(C5CCCCC5)CC4C3)nn2)c1. The zero-order valence-corrected chi connectivity index (χ0v) is 17.4. The molecule has 3 aliphatic rings. The Bertz CT molecular complexity index is 838. The van der Waals surface area contributed by atoms with E-state index in [4.69, 9.17) is 11.6 Å². The Morgan fingerprint density at radius 3 is 2.41 bits per heavy atom. The first-order valence-corrected chi connectivity index (χ1v) is 11.3. The molecule has 4 nitrogen and oxygen atoms in total. The molecule has 0 spiro atoms. The van der Waals surface area contributed by atoms with Gasteiger partial charge in [-0.25, -0.2) is 4.39 Å². The second-order valence-electron chi connectivity index (χ2n) is 9.01. The maximum absolute atomic E-state index is 13.5. The number of aromatic nitrogens is 2. The van der Waals surface area contributed by atoms with Gasteiger partial charge in [-0.1, -0.05) is 30.9 Å². The summed E-state index contributed by atoms with van der Waals surface area (Å²) in [4.78, 5) is 2.78. The molecule has 29 heavy (non-hydrogen) atoms. The van der Waals surface area contributed by atoms with Gasteiger partial charge in [-0.2, -0.15) is 0 Å². The number of likely N-dealkylation sites (tertiary alicyclic amines) is 1.